The molecule has 4 nitrogen and oxygen atoms in total. The van der Waals surface area contributed by atoms with E-state index in [9.17, 15) is 4.79 Å². The number of anilines is 2. The first-order valence-corrected chi connectivity index (χ1v) is 7.60. The van der Waals surface area contributed by atoms with Crippen molar-refractivity contribution in [1.29, 1.82) is 0 Å². The molecule has 2 rings (SSSR count). The molecular formula is C17H20ClN3O. The first kappa shape index (κ1) is 16.3. The molecule has 0 atom stereocenters. The van der Waals surface area contributed by atoms with Crippen LogP contribution in [0.15, 0.2) is 36.7 Å². The molecule has 0 saturated heterocycles. The molecule has 0 aliphatic heterocycles. The SMILES string of the molecule is Cc1c(Cl)cccc1Nc1cncc(C(=O)NCC(C)C)c1. The average Bonchev–Trinajstić information content (AvgIpc) is 2.50. The van der Waals surface area contributed by atoms with Crippen molar-refractivity contribution in [3.05, 3.63) is 52.8 Å². The second kappa shape index (κ2) is 7.27. The molecule has 1 amide bonds. The summed E-state index contributed by atoms with van der Waals surface area (Å²) in [6.07, 6.45) is 3.24. The van der Waals surface area contributed by atoms with E-state index >= 15 is 0 Å². The van der Waals surface area contributed by atoms with Gasteiger partial charge in [-0.3, -0.25) is 9.78 Å². The van der Waals surface area contributed by atoms with E-state index in [0.29, 0.717) is 23.0 Å². The van der Waals surface area contributed by atoms with Gasteiger partial charge in [0.15, 0.2) is 0 Å². The lowest BCUT2D eigenvalue weighted by Gasteiger charge is -2.12. The molecule has 5 heteroatoms. The Morgan fingerprint density at radius 3 is 2.82 bits per heavy atom. The third-order valence-corrected chi connectivity index (χ3v) is 3.63. The van der Waals surface area contributed by atoms with Crippen LogP contribution in [0.25, 0.3) is 0 Å². The molecule has 0 bridgehead atoms. The number of pyridine rings is 1. The molecular weight excluding hydrogens is 298 g/mol. The van der Waals surface area contributed by atoms with Crippen LogP contribution >= 0.6 is 11.6 Å². The standard InChI is InChI=1S/C17H20ClN3O/c1-11(2)8-20-17(22)13-7-14(10-19-9-13)21-16-6-4-5-15(18)12(16)3/h4-7,9-11,21H,8H2,1-3H3,(H,20,22). The summed E-state index contributed by atoms with van der Waals surface area (Å²) in [4.78, 5) is 16.2. The molecule has 0 unspecified atom stereocenters. The summed E-state index contributed by atoms with van der Waals surface area (Å²) in [6.45, 7) is 6.69. The molecule has 0 aliphatic carbocycles. The minimum atomic E-state index is -0.118. The Morgan fingerprint density at radius 2 is 2.09 bits per heavy atom. The van der Waals surface area contributed by atoms with E-state index in [1.165, 1.54) is 0 Å². The molecule has 1 aromatic carbocycles. The van der Waals surface area contributed by atoms with Crippen LogP contribution in [0, 0.1) is 12.8 Å². The van der Waals surface area contributed by atoms with Gasteiger partial charge < -0.3 is 10.6 Å². The molecule has 0 fully saturated rings. The molecule has 116 valence electrons. The molecule has 2 aromatic rings. The molecule has 1 aromatic heterocycles. The van der Waals surface area contributed by atoms with Crippen LogP contribution in [0.3, 0.4) is 0 Å². The zero-order chi connectivity index (χ0) is 16.1. The Balaban J connectivity index is 2.15. The molecule has 1 heterocycles. The van der Waals surface area contributed by atoms with Crippen molar-refractivity contribution in [2.75, 3.05) is 11.9 Å². The number of aromatic nitrogens is 1. The highest BCUT2D eigenvalue weighted by molar-refractivity contribution is 6.31. The first-order chi connectivity index (χ1) is 10.5. The fourth-order valence-electron chi connectivity index (χ4n) is 1.93. The van der Waals surface area contributed by atoms with Crippen molar-refractivity contribution in [2.24, 2.45) is 5.92 Å². The molecule has 2 N–H and O–H groups in total. The highest BCUT2D eigenvalue weighted by Gasteiger charge is 2.08. The van der Waals surface area contributed by atoms with E-state index in [2.05, 4.69) is 29.5 Å². The number of carbonyl (C=O) groups is 1. The van der Waals surface area contributed by atoms with E-state index in [4.69, 9.17) is 11.6 Å². The summed E-state index contributed by atoms with van der Waals surface area (Å²) in [5.41, 5.74) is 3.14. The number of nitrogens with one attached hydrogen (secondary N) is 2. The summed E-state index contributed by atoms with van der Waals surface area (Å²) in [5.74, 6) is 0.292. The maximum atomic E-state index is 12.1. The van der Waals surface area contributed by atoms with Crippen LogP contribution in [-0.2, 0) is 0 Å². The average molecular weight is 318 g/mol. The second-order valence-electron chi connectivity index (χ2n) is 5.60. The van der Waals surface area contributed by atoms with Crippen molar-refractivity contribution < 1.29 is 4.79 Å². The van der Waals surface area contributed by atoms with Crippen molar-refractivity contribution in [3.8, 4) is 0 Å². The summed E-state index contributed by atoms with van der Waals surface area (Å²) >= 11 is 6.11. The van der Waals surface area contributed by atoms with E-state index < -0.39 is 0 Å². The third kappa shape index (κ3) is 4.21. The smallest absolute Gasteiger partial charge is 0.252 e. The van der Waals surface area contributed by atoms with Gasteiger partial charge in [-0.05, 0) is 36.6 Å². The number of halogens is 1. The Hall–Kier alpha value is -2.07. The highest BCUT2D eigenvalue weighted by Crippen LogP contribution is 2.26. The van der Waals surface area contributed by atoms with Gasteiger partial charge in [0.25, 0.3) is 5.91 Å². The lowest BCUT2D eigenvalue weighted by atomic mass is 10.2. The zero-order valence-electron chi connectivity index (χ0n) is 13.0. The first-order valence-electron chi connectivity index (χ1n) is 7.22. The van der Waals surface area contributed by atoms with Gasteiger partial charge in [0.1, 0.15) is 0 Å². The molecule has 0 spiro atoms. The Labute approximate surface area is 135 Å². The minimum Gasteiger partial charge on any atom is -0.354 e. The van der Waals surface area contributed by atoms with Gasteiger partial charge >= 0.3 is 0 Å². The number of nitrogens with zero attached hydrogens (tertiary/aromatic N) is 1. The number of rotatable bonds is 5. The van der Waals surface area contributed by atoms with Crippen molar-refractivity contribution in [2.45, 2.75) is 20.8 Å². The lowest BCUT2D eigenvalue weighted by Crippen LogP contribution is -2.27. The van der Waals surface area contributed by atoms with Crippen LogP contribution in [0.5, 0.6) is 0 Å². The van der Waals surface area contributed by atoms with Gasteiger partial charge in [0.2, 0.25) is 0 Å². The quantitative estimate of drug-likeness (QED) is 0.870. The Kier molecular flexibility index (Phi) is 5.39. The van der Waals surface area contributed by atoms with Crippen LogP contribution in [0.1, 0.15) is 29.8 Å². The van der Waals surface area contributed by atoms with E-state index in [0.717, 1.165) is 16.9 Å². The van der Waals surface area contributed by atoms with Crippen molar-refractivity contribution in [3.63, 3.8) is 0 Å². The van der Waals surface area contributed by atoms with Gasteiger partial charge in [-0.1, -0.05) is 31.5 Å². The second-order valence-corrected chi connectivity index (χ2v) is 6.01. The van der Waals surface area contributed by atoms with Gasteiger partial charge in [-0.2, -0.15) is 0 Å². The van der Waals surface area contributed by atoms with E-state index in [1.807, 2.05) is 25.1 Å². The van der Waals surface area contributed by atoms with Crippen LogP contribution in [-0.4, -0.2) is 17.4 Å². The monoisotopic (exact) mass is 317 g/mol. The number of carbonyl (C=O) groups excluding carboxylic acids is 1. The van der Waals surface area contributed by atoms with Gasteiger partial charge in [0.05, 0.1) is 17.4 Å². The van der Waals surface area contributed by atoms with E-state index in [-0.39, 0.29) is 5.91 Å². The Morgan fingerprint density at radius 1 is 1.32 bits per heavy atom. The number of hydrogen-bond acceptors (Lipinski definition) is 3. The molecule has 22 heavy (non-hydrogen) atoms. The van der Waals surface area contributed by atoms with Gasteiger partial charge in [-0.25, -0.2) is 0 Å². The molecule has 0 saturated carbocycles. The van der Waals surface area contributed by atoms with Crippen LogP contribution in [0.2, 0.25) is 5.02 Å². The van der Waals surface area contributed by atoms with E-state index in [1.54, 1.807) is 18.5 Å². The number of benzene rings is 1. The highest BCUT2D eigenvalue weighted by atomic mass is 35.5. The zero-order valence-corrected chi connectivity index (χ0v) is 13.7. The molecule has 0 aliphatic rings. The largest absolute Gasteiger partial charge is 0.354 e. The predicted molar refractivity (Wildman–Crippen MR) is 90.9 cm³/mol. The van der Waals surface area contributed by atoms with Crippen molar-refractivity contribution >= 4 is 28.9 Å². The van der Waals surface area contributed by atoms with Gasteiger partial charge in [-0.15, -0.1) is 0 Å². The predicted octanol–water partition coefficient (Wildman–Crippen LogP) is 4.17. The summed E-state index contributed by atoms with van der Waals surface area (Å²) in [7, 11) is 0. The third-order valence-electron chi connectivity index (χ3n) is 3.22. The fourth-order valence-corrected chi connectivity index (χ4v) is 2.10. The topological polar surface area (TPSA) is 54.0 Å². The fraction of sp³-hybridized carbons (Fsp3) is 0.294. The summed E-state index contributed by atoms with van der Waals surface area (Å²) in [5, 5.41) is 6.83. The van der Waals surface area contributed by atoms with Gasteiger partial charge in [0, 0.05) is 23.5 Å². The normalized spacial score (nSPS) is 10.6. The van der Waals surface area contributed by atoms with Crippen LogP contribution in [0.4, 0.5) is 11.4 Å². The maximum Gasteiger partial charge on any atom is 0.252 e. The van der Waals surface area contributed by atoms with Crippen molar-refractivity contribution in [1.82, 2.24) is 10.3 Å². The Bertz CT molecular complexity index is 671. The summed E-state index contributed by atoms with van der Waals surface area (Å²) < 4.78 is 0. The maximum absolute atomic E-state index is 12.1. The number of hydrogen-bond donors (Lipinski definition) is 2. The minimum absolute atomic E-state index is 0.118. The molecule has 0 radical (unpaired) electrons. The lowest BCUT2D eigenvalue weighted by molar-refractivity contribution is 0.0948. The summed E-state index contributed by atoms with van der Waals surface area (Å²) in [6, 6.07) is 7.44. The number of amides is 1. The van der Waals surface area contributed by atoms with Crippen LogP contribution < -0.4 is 10.6 Å².